The van der Waals surface area contributed by atoms with Crippen molar-refractivity contribution in [2.75, 3.05) is 36.5 Å². The quantitative estimate of drug-likeness (QED) is 0.912. The summed E-state index contributed by atoms with van der Waals surface area (Å²) in [4.78, 5) is 11.9. The van der Waals surface area contributed by atoms with Crippen LogP contribution in [0.4, 0.5) is 11.5 Å². The van der Waals surface area contributed by atoms with Gasteiger partial charge >= 0.3 is 0 Å². The summed E-state index contributed by atoms with van der Waals surface area (Å²) in [6, 6.07) is 5.07. The third-order valence-electron chi connectivity index (χ3n) is 5.44. The number of aromatic nitrogens is 3. The zero-order valence-corrected chi connectivity index (χ0v) is 15.5. The lowest BCUT2D eigenvalue weighted by molar-refractivity contribution is 0.187. The van der Waals surface area contributed by atoms with Gasteiger partial charge in [-0.2, -0.15) is 5.10 Å². The van der Waals surface area contributed by atoms with E-state index in [0.29, 0.717) is 12.1 Å². The normalized spacial score (nSPS) is 20.8. The van der Waals surface area contributed by atoms with Crippen molar-refractivity contribution in [2.24, 2.45) is 0 Å². The molecular weight excluding hydrogens is 312 g/mol. The fraction of sp³-hybridized carbons (Fsp3) is 0.474. The molecule has 0 radical (unpaired) electrons. The minimum absolute atomic E-state index is 0.291. The summed E-state index contributed by atoms with van der Waals surface area (Å²) in [5.74, 6) is 1.05. The number of hydrogen-bond acceptors (Lipinski definition) is 5. The predicted molar refractivity (Wildman–Crippen MR) is 102 cm³/mol. The minimum Gasteiger partial charge on any atom is -0.344 e. The van der Waals surface area contributed by atoms with Crippen molar-refractivity contribution in [3.63, 3.8) is 0 Å². The number of nitrogens with one attached hydrogen (secondary N) is 1. The first-order chi connectivity index (χ1) is 12.0. The maximum Gasteiger partial charge on any atom is 0.153 e. The van der Waals surface area contributed by atoms with Crippen LogP contribution in [0, 0.1) is 6.92 Å². The maximum atomic E-state index is 4.81. The second-order valence-electron chi connectivity index (χ2n) is 7.35. The molecule has 1 atom stereocenters. The third kappa shape index (κ3) is 2.61. The molecule has 1 unspecified atom stereocenters. The molecule has 2 aromatic heterocycles. The summed E-state index contributed by atoms with van der Waals surface area (Å²) < 4.78 is 0. The van der Waals surface area contributed by atoms with Crippen molar-refractivity contribution in [2.45, 2.75) is 32.9 Å². The number of rotatable bonds is 2. The average molecular weight is 338 g/mol. The molecule has 0 spiro atoms. The van der Waals surface area contributed by atoms with Gasteiger partial charge in [0.25, 0.3) is 0 Å². The lowest BCUT2D eigenvalue weighted by atomic mass is 10.0. The lowest BCUT2D eigenvalue weighted by Gasteiger charge is -2.50. The van der Waals surface area contributed by atoms with E-state index < -0.39 is 0 Å². The Hall–Kier alpha value is -2.34. The Labute approximate surface area is 149 Å². The lowest BCUT2D eigenvalue weighted by Crippen LogP contribution is -2.59. The third-order valence-corrected chi connectivity index (χ3v) is 5.44. The number of pyridine rings is 1. The Morgan fingerprint density at radius 1 is 1.28 bits per heavy atom. The summed E-state index contributed by atoms with van der Waals surface area (Å²) >= 11 is 0. The van der Waals surface area contributed by atoms with Crippen LogP contribution in [-0.2, 0) is 0 Å². The molecule has 0 saturated carbocycles. The van der Waals surface area contributed by atoms with E-state index in [0.717, 1.165) is 53.8 Å². The van der Waals surface area contributed by atoms with E-state index >= 15 is 0 Å². The van der Waals surface area contributed by atoms with E-state index in [1.165, 1.54) is 0 Å². The molecule has 2 aliphatic heterocycles. The van der Waals surface area contributed by atoms with Crippen LogP contribution in [0.5, 0.6) is 0 Å². The van der Waals surface area contributed by atoms with Crippen LogP contribution in [0.25, 0.3) is 11.3 Å². The van der Waals surface area contributed by atoms with Crippen molar-refractivity contribution >= 4 is 11.5 Å². The van der Waals surface area contributed by atoms with Crippen LogP contribution in [-0.4, -0.2) is 58.8 Å². The molecule has 25 heavy (non-hydrogen) atoms. The van der Waals surface area contributed by atoms with E-state index in [9.17, 15) is 0 Å². The largest absolute Gasteiger partial charge is 0.344 e. The zero-order valence-electron chi connectivity index (χ0n) is 15.5. The molecule has 0 amide bonds. The van der Waals surface area contributed by atoms with Gasteiger partial charge in [-0.15, -0.1) is 0 Å². The second kappa shape index (κ2) is 5.88. The molecule has 4 rings (SSSR count). The standard InChI is InChI=1S/C19H26N6/c1-12(2)24-6-7-25-18(11-24)14(4)23(5)17-9-15(10-20-19(17)25)16-8-13(3)21-22-16/h8-10,12,18H,4,6-7,11H2,1-3,5H3,(H,21,22). The summed E-state index contributed by atoms with van der Waals surface area (Å²) in [6.07, 6.45) is 1.93. The zero-order chi connectivity index (χ0) is 17.7. The van der Waals surface area contributed by atoms with Gasteiger partial charge in [-0.3, -0.25) is 10.00 Å². The van der Waals surface area contributed by atoms with Crippen molar-refractivity contribution < 1.29 is 0 Å². The van der Waals surface area contributed by atoms with Crippen molar-refractivity contribution in [3.05, 3.63) is 36.3 Å². The summed E-state index contributed by atoms with van der Waals surface area (Å²) in [5.41, 5.74) is 5.25. The van der Waals surface area contributed by atoms with Gasteiger partial charge in [0, 0.05) is 55.9 Å². The van der Waals surface area contributed by atoms with Gasteiger partial charge in [0.15, 0.2) is 5.82 Å². The molecule has 2 aliphatic rings. The molecule has 6 nitrogen and oxygen atoms in total. The molecule has 0 aliphatic carbocycles. The second-order valence-corrected chi connectivity index (χ2v) is 7.35. The van der Waals surface area contributed by atoms with Crippen molar-refractivity contribution in [1.29, 1.82) is 0 Å². The highest BCUT2D eigenvalue weighted by Gasteiger charge is 2.38. The Balaban J connectivity index is 1.72. The topological polar surface area (TPSA) is 51.3 Å². The molecule has 6 heteroatoms. The highest BCUT2D eigenvalue weighted by molar-refractivity contribution is 5.79. The summed E-state index contributed by atoms with van der Waals surface area (Å²) in [5, 5.41) is 7.37. The number of piperazine rings is 1. The minimum atomic E-state index is 0.291. The first kappa shape index (κ1) is 16.1. The Morgan fingerprint density at radius 2 is 2.08 bits per heavy atom. The van der Waals surface area contributed by atoms with Crippen LogP contribution in [0.15, 0.2) is 30.6 Å². The van der Waals surface area contributed by atoms with Crippen LogP contribution in [0.2, 0.25) is 0 Å². The number of aryl methyl sites for hydroxylation is 1. The van der Waals surface area contributed by atoms with E-state index in [1.54, 1.807) is 0 Å². The Bertz CT molecular complexity index is 808. The summed E-state index contributed by atoms with van der Waals surface area (Å²) in [6.45, 7) is 14.0. The van der Waals surface area contributed by atoms with E-state index in [2.05, 4.69) is 58.4 Å². The maximum absolute atomic E-state index is 4.81. The summed E-state index contributed by atoms with van der Waals surface area (Å²) in [7, 11) is 2.09. The number of H-pyrrole nitrogens is 1. The van der Waals surface area contributed by atoms with Gasteiger partial charge in [-0.05, 0) is 32.9 Å². The molecule has 4 heterocycles. The first-order valence-electron chi connectivity index (χ1n) is 8.91. The molecule has 1 saturated heterocycles. The Kier molecular flexibility index (Phi) is 3.80. The van der Waals surface area contributed by atoms with E-state index in [-0.39, 0.29) is 0 Å². The molecule has 2 aromatic rings. The van der Waals surface area contributed by atoms with Crippen molar-refractivity contribution in [1.82, 2.24) is 20.1 Å². The van der Waals surface area contributed by atoms with E-state index in [1.807, 2.05) is 19.2 Å². The highest BCUT2D eigenvalue weighted by Crippen LogP contribution is 2.40. The van der Waals surface area contributed by atoms with Gasteiger partial charge in [0.05, 0.1) is 17.4 Å². The molecule has 0 bridgehead atoms. The van der Waals surface area contributed by atoms with Gasteiger partial charge in [-0.25, -0.2) is 4.98 Å². The number of nitrogens with zero attached hydrogens (tertiary/aromatic N) is 5. The van der Waals surface area contributed by atoms with Crippen LogP contribution in [0.1, 0.15) is 19.5 Å². The first-order valence-corrected chi connectivity index (χ1v) is 8.91. The highest BCUT2D eigenvalue weighted by atomic mass is 15.4. The van der Waals surface area contributed by atoms with Gasteiger partial charge in [0.1, 0.15) is 0 Å². The Morgan fingerprint density at radius 3 is 2.76 bits per heavy atom. The number of hydrogen-bond donors (Lipinski definition) is 1. The number of likely N-dealkylation sites (N-methyl/N-ethyl adjacent to an activating group) is 1. The molecule has 132 valence electrons. The van der Waals surface area contributed by atoms with Crippen molar-refractivity contribution in [3.8, 4) is 11.3 Å². The monoisotopic (exact) mass is 338 g/mol. The molecule has 0 aromatic carbocycles. The predicted octanol–water partition coefficient (Wildman–Crippen LogP) is 2.64. The van der Waals surface area contributed by atoms with Crippen LogP contribution in [0.3, 0.4) is 0 Å². The SMILES string of the molecule is C=C1C2CN(C(C)C)CCN2c2ncc(-c3cc(C)[nH]n3)cc2N1C. The molecular formula is C19H26N6. The number of anilines is 2. The van der Waals surface area contributed by atoms with Crippen LogP contribution < -0.4 is 9.80 Å². The van der Waals surface area contributed by atoms with E-state index in [4.69, 9.17) is 4.98 Å². The fourth-order valence-electron chi connectivity index (χ4n) is 3.81. The number of fused-ring (bicyclic) bond motifs is 3. The fourth-order valence-corrected chi connectivity index (χ4v) is 3.81. The number of aromatic amines is 1. The van der Waals surface area contributed by atoms with Gasteiger partial charge in [-0.1, -0.05) is 6.58 Å². The average Bonchev–Trinajstić information content (AvgIpc) is 3.05. The van der Waals surface area contributed by atoms with Crippen LogP contribution >= 0.6 is 0 Å². The van der Waals surface area contributed by atoms with Gasteiger partial charge < -0.3 is 9.80 Å². The molecule has 1 N–H and O–H groups in total. The smallest absolute Gasteiger partial charge is 0.153 e. The van der Waals surface area contributed by atoms with Gasteiger partial charge in [0.2, 0.25) is 0 Å². The molecule has 1 fully saturated rings.